The van der Waals surface area contributed by atoms with Crippen LogP contribution in [0.3, 0.4) is 0 Å². The molecule has 0 aliphatic carbocycles. The third kappa shape index (κ3) is 2.23. The highest BCUT2D eigenvalue weighted by Crippen LogP contribution is 2.34. The van der Waals surface area contributed by atoms with Crippen molar-refractivity contribution >= 4 is 28.3 Å². The summed E-state index contributed by atoms with van der Waals surface area (Å²) in [5.74, 6) is -0.836. The smallest absolute Gasteiger partial charge is 0.396 e. The van der Waals surface area contributed by atoms with Crippen LogP contribution < -0.4 is 5.73 Å². The van der Waals surface area contributed by atoms with Gasteiger partial charge in [-0.1, -0.05) is 0 Å². The molecule has 0 aliphatic heterocycles. The SMILES string of the molecule is Nc1cc(C(F)(F)F)c(I)cc1F. The number of hydrogen-bond donors (Lipinski definition) is 1. The van der Waals surface area contributed by atoms with E-state index in [9.17, 15) is 17.6 Å². The molecule has 2 N–H and O–H groups in total. The van der Waals surface area contributed by atoms with Crippen molar-refractivity contribution in [3.8, 4) is 0 Å². The second kappa shape index (κ2) is 3.32. The van der Waals surface area contributed by atoms with Gasteiger partial charge in [-0.15, -0.1) is 0 Å². The first kappa shape index (κ1) is 10.6. The second-order valence-electron chi connectivity index (χ2n) is 2.35. The molecule has 6 heteroatoms. The van der Waals surface area contributed by atoms with Gasteiger partial charge in [-0.3, -0.25) is 0 Å². The summed E-state index contributed by atoms with van der Waals surface area (Å²) in [7, 11) is 0. The maximum absolute atomic E-state index is 12.7. The number of halogens is 5. The molecule has 0 aliphatic rings. The van der Waals surface area contributed by atoms with Crippen LogP contribution in [-0.2, 0) is 6.18 Å². The first-order valence-corrected chi connectivity index (χ1v) is 4.22. The molecule has 0 radical (unpaired) electrons. The van der Waals surface area contributed by atoms with Gasteiger partial charge in [-0.2, -0.15) is 13.2 Å². The summed E-state index contributed by atoms with van der Waals surface area (Å²) in [5.41, 5.74) is 3.60. The van der Waals surface area contributed by atoms with Gasteiger partial charge < -0.3 is 5.73 Å². The van der Waals surface area contributed by atoms with Crippen LogP contribution in [0.25, 0.3) is 0 Å². The first-order valence-electron chi connectivity index (χ1n) is 3.14. The molecule has 0 aromatic heterocycles. The van der Waals surface area contributed by atoms with Gasteiger partial charge in [0.2, 0.25) is 0 Å². The quantitative estimate of drug-likeness (QED) is 0.445. The molecule has 0 saturated heterocycles. The summed E-state index contributed by atoms with van der Waals surface area (Å²) in [5, 5.41) is 0. The van der Waals surface area contributed by atoms with E-state index < -0.39 is 23.2 Å². The lowest BCUT2D eigenvalue weighted by atomic mass is 10.2. The average molecular weight is 305 g/mol. The van der Waals surface area contributed by atoms with E-state index in [1.807, 2.05) is 0 Å². The molecule has 72 valence electrons. The molecule has 1 rings (SSSR count). The fourth-order valence-corrected chi connectivity index (χ4v) is 1.52. The molecule has 0 bridgehead atoms. The van der Waals surface area contributed by atoms with E-state index in [1.54, 1.807) is 0 Å². The summed E-state index contributed by atoms with van der Waals surface area (Å²) >= 11 is 1.41. The van der Waals surface area contributed by atoms with Crippen molar-refractivity contribution in [2.24, 2.45) is 0 Å². The number of hydrogen-bond acceptors (Lipinski definition) is 1. The summed E-state index contributed by atoms with van der Waals surface area (Å²) in [6.07, 6.45) is -4.49. The number of nitrogens with two attached hydrogens (primary N) is 1. The van der Waals surface area contributed by atoms with Crippen LogP contribution in [0.15, 0.2) is 12.1 Å². The van der Waals surface area contributed by atoms with E-state index in [-0.39, 0.29) is 3.57 Å². The van der Waals surface area contributed by atoms with Gasteiger partial charge in [0, 0.05) is 3.57 Å². The standard InChI is InChI=1S/C7H4F4IN/c8-4-2-5(12)3(1-6(4)13)7(9,10)11/h1-2H,13H2. The predicted octanol–water partition coefficient (Wildman–Crippen LogP) is 3.03. The summed E-state index contributed by atoms with van der Waals surface area (Å²) in [6, 6.07) is 1.36. The van der Waals surface area contributed by atoms with Crippen molar-refractivity contribution in [1.29, 1.82) is 0 Å². The highest BCUT2D eigenvalue weighted by molar-refractivity contribution is 14.1. The van der Waals surface area contributed by atoms with Gasteiger partial charge in [0.05, 0.1) is 11.3 Å². The van der Waals surface area contributed by atoms with Crippen LogP contribution in [0.1, 0.15) is 5.56 Å². The van der Waals surface area contributed by atoms with Gasteiger partial charge in [0.1, 0.15) is 5.82 Å². The van der Waals surface area contributed by atoms with Crippen LogP contribution in [0.2, 0.25) is 0 Å². The first-order chi connectivity index (χ1) is 5.82. The molecular formula is C7H4F4IN. The topological polar surface area (TPSA) is 26.0 Å². The summed E-state index contributed by atoms with van der Waals surface area (Å²) in [6.45, 7) is 0. The lowest BCUT2D eigenvalue weighted by molar-refractivity contribution is -0.138. The Hall–Kier alpha value is -0.530. The van der Waals surface area contributed by atoms with E-state index in [0.29, 0.717) is 6.07 Å². The number of alkyl halides is 3. The molecule has 1 nitrogen and oxygen atoms in total. The highest BCUT2D eigenvalue weighted by atomic mass is 127. The minimum absolute atomic E-state index is 0.197. The Morgan fingerprint density at radius 1 is 1.23 bits per heavy atom. The highest BCUT2D eigenvalue weighted by Gasteiger charge is 2.33. The lowest BCUT2D eigenvalue weighted by Gasteiger charge is -2.09. The molecular weight excluding hydrogens is 301 g/mol. The van der Waals surface area contributed by atoms with Crippen LogP contribution in [0.5, 0.6) is 0 Å². The summed E-state index contributed by atoms with van der Waals surface area (Å²) in [4.78, 5) is 0. The Morgan fingerprint density at radius 2 is 1.77 bits per heavy atom. The van der Waals surface area contributed by atoms with Crippen molar-refractivity contribution in [1.82, 2.24) is 0 Å². The molecule has 13 heavy (non-hydrogen) atoms. The Kier molecular flexibility index (Phi) is 2.69. The molecule has 0 unspecified atom stereocenters. The Labute approximate surface area is 85.1 Å². The Morgan fingerprint density at radius 3 is 2.23 bits per heavy atom. The maximum atomic E-state index is 12.7. The number of nitrogen functional groups attached to an aromatic ring is 1. The van der Waals surface area contributed by atoms with Crippen molar-refractivity contribution in [3.63, 3.8) is 0 Å². The zero-order chi connectivity index (χ0) is 10.2. The normalized spacial score (nSPS) is 11.8. The van der Waals surface area contributed by atoms with E-state index in [4.69, 9.17) is 5.73 Å². The van der Waals surface area contributed by atoms with Crippen molar-refractivity contribution in [2.45, 2.75) is 6.18 Å². The Bertz CT molecular complexity index is 334. The van der Waals surface area contributed by atoms with Gasteiger partial charge in [-0.25, -0.2) is 4.39 Å². The van der Waals surface area contributed by atoms with Gasteiger partial charge in [0.25, 0.3) is 0 Å². The third-order valence-corrected chi connectivity index (χ3v) is 2.28. The summed E-state index contributed by atoms with van der Waals surface area (Å²) < 4.78 is 49.0. The van der Waals surface area contributed by atoms with E-state index in [0.717, 1.165) is 6.07 Å². The van der Waals surface area contributed by atoms with Gasteiger partial charge in [0.15, 0.2) is 0 Å². The number of benzene rings is 1. The third-order valence-electron chi connectivity index (χ3n) is 1.39. The van der Waals surface area contributed by atoms with E-state index in [1.165, 1.54) is 22.6 Å². The van der Waals surface area contributed by atoms with E-state index in [2.05, 4.69) is 0 Å². The van der Waals surface area contributed by atoms with Gasteiger partial charge >= 0.3 is 6.18 Å². The Balaban J connectivity index is 3.32. The number of rotatable bonds is 0. The van der Waals surface area contributed by atoms with Crippen molar-refractivity contribution < 1.29 is 17.6 Å². The molecule has 0 heterocycles. The molecule has 0 spiro atoms. The number of anilines is 1. The monoisotopic (exact) mass is 305 g/mol. The van der Waals surface area contributed by atoms with Gasteiger partial charge in [-0.05, 0) is 34.7 Å². The van der Waals surface area contributed by atoms with Crippen molar-refractivity contribution in [3.05, 3.63) is 27.1 Å². The zero-order valence-electron chi connectivity index (χ0n) is 6.12. The average Bonchev–Trinajstić information content (AvgIpc) is 1.94. The second-order valence-corrected chi connectivity index (χ2v) is 3.51. The van der Waals surface area contributed by atoms with Crippen LogP contribution in [-0.4, -0.2) is 0 Å². The lowest BCUT2D eigenvalue weighted by Crippen LogP contribution is -2.09. The largest absolute Gasteiger partial charge is 0.417 e. The minimum Gasteiger partial charge on any atom is -0.396 e. The van der Waals surface area contributed by atoms with Crippen LogP contribution in [0.4, 0.5) is 23.2 Å². The molecule has 0 fully saturated rings. The predicted molar refractivity (Wildman–Crippen MR) is 48.5 cm³/mol. The fraction of sp³-hybridized carbons (Fsp3) is 0.143. The van der Waals surface area contributed by atoms with E-state index >= 15 is 0 Å². The van der Waals surface area contributed by atoms with Crippen molar-refractivity contribution in [2.75, 3.05) is 5.73 Å². The van der Waals surface area contributed by atoms with Crippen LogP contribution >= 0.6 is 22.6 Å². The minimum atomic E-state index is -4.49. The fourth-order valence-electron chi connectivity index (χ4n) is 0.783. The molecule has 0 atom stereocenters. The molecule has 0 amide bonds. The molecule has 1 aromatic rings. The molecule has 1 aromatic carbocycles. The zero-order valence-corrected chi connectivity index (χ0v) is 8.28. The molecule has 0 saturated carbocycles. The van der Waals surface area contributed by atoms with Crippen LogP contribution in [0, 0.1) is 9.39 Å². The maximum Gasteiger partial charge on any atom is 0.417 e.